The van der Waals surface area contributed by atoms with Crippen LogP contribution in [0.5, 0.6) is 0 Å². The van der Waals surface area contributed by atoms with Crippen LogP contribution in [0, 0.1) is 0 Å². The van der Waals surface area contributed by atoms with E-state index in [1.54, 1.807) is 0 Å². The number of nitrogens with one attached hydrogen (secondary N) is 2. The summed E-state index contributed by atoms with van der Waals surface area (Å²) in [4.78, 5) is 15.0. The third kappa shape index (κ3) is 2.27. The summed E-state index contributed by atoms with van der Waals surface area (Å²) in [5, 5.41) is 5.32. The van der Waals surface area contributed by atoms with Gasteiger partial charge in [0.05, 0.1) is 5.52 Å². The van der Waals surface area contributed by atoms with Gasteiger partial charge in [-0.2, -0.15) is 0 Å². The number of benzene rings is 3. The molecule has 23 heavy (non-hydrogen) atoms. The number of hydrogen-bond acceptors (Lipinski definition) is 1. The van der Waals surface area contributed by atoms with Crippen molar-refractivity contribution < 1.29 is 4.79 Å². The molecule has 3 aromatic carbocycles. The molecule has 0 spiro atoms. The van der Waals surface area contributed by atoms with Crippen molar-refractivity contribution in [2.45, 2.75) is 6.92 Å². The van der Waals surface area contributed by atoms with Crippen molar-refractivity contribution in [1.82, 2.24) is 4.98 Å². The SMILES string of the molecule is CC(=O)Nc1ccccc1-c1cccc2c1[nH]c1ccccc12. The molecule has 2 N–H and O–H groups in total. The minimum Gasteiger partial charge on any atom is -0.354 e. The third-order valence-electron chi connectivity index (χ3n) is 4.07. The lowest BCUT2D eigenvalue weighted by Crippen LogP contribution is -2.06. The van der Waals surface area contributed by atoms with Crippen molar-refractivity contribution >= 4 is 33.4 Å². The Bertz CT molecular complexity index is 1030. The minimum atomic E-state index is -0.0683. The lowest BCUT2D eigenvalue weighted by Gasteiger charge is -2.11. The van der Waals surface area contributed by atoms with E-state index in [9.17, 15) is 4.79 Å². The lowest BCUT2D eigenvalue weighted by atomic mass is 10.0. The third-order valence-corrected chi connectivity index (χ3v) is 4.07. The van der Waals surface area contributed by atoms with E-state index < -0.39 is 0 Å². The number of rotatable bonds is 2. The van der Waals surface area contributed by atoms with Crippen LogP contribution in [0.1, 0.15) is 6.92 Å². The molecule has 1 aromatic heterocycles. The van der Waals surface area contributed by atoms with Gasteiger partial charge in [0.1, 0.15) is 0 Å². The van der Waals surface area contributed by atoms with E-state index in [4.69, 9.17) is 0 Å². The van der Waals surface area contributed by atoms with Gasteiger partial charge in [0.25, 0.3) is 0 Å². The number of amides is 1. The minimum absolute atomic E-state index is 0.0683. The fourth-order valence-electron chi connectivity index (χ4n) is 3.11. The molecule has 0 saturated heterocycles. The van der Waals surface area contributed by atoms with Gasteiger partial charge in [-0.3, -0.25) is 4.79 Å². The second-order valence-electron chi connectivity index (χ2n) is 5.63. The fourth-order valence-corrected chi connectivity index (χ4v) is 3.11. The number of carbonyl (C=O) groups is 1. The monoisotopic (exact) mass is 300 g/mol. The molecule has 0 bridgehead atoms. The van der Waals surface area contributed by atoms with Gasteiger partial charge in [0, 0.05) is 40.0 Å². The topological polar surface area (TPSA) is 44.9 Å². The zero-order valence-corrected chi connectivity index (χ0v) is 12.8. The maximum atomic E-state index is 11.5. The molecule has 0 radical (unpaired) electrons. The Balaban J connectivity index is 2.02. The Morgan fingerprint density at radius 2 is 1.52 bits per heavy atom. The summed E-state index contributed by atoms with van der Waals surface area (Å²) in [5.74, 6) is -0.0683. The zero-order valence-electron chi connectivity index (χ0n) is 12.8. The number of hydrogen-bond donors (Lipinski definition) is 2. The first-order valence-corrected chi connectivity index (χ1v) is 7.60. The van der Waals surface area contributed by atoms with E-state index in [-0.39, 0.29) is 5.91 Å². The van der Waals surface area contributed by atoms with E-state index in [0.29, 0.717) is 0 Å². The molecule has 4 aromatic rings. The van der Waals surface area contributed by atoms with E-state index >= 15 is 0 Å². The largest absolute Gasteiger partial charge is 0.354 e. The summed E-state index contributed by atoms with van der Waals surface area (Å²) in [7, 11) is 0. The van der Waals surface area contributed by atoms with Gasteiger partial charge >= 0.3 is 0 Å². The molecule has 0 unspecified atom stereocenters. The molecule has 3 heteroatoms. The first kappa shape index (κ1) is 13.6. The molecular formula is C20H16N2O. The Morgan fingerprint density at radius 1 is 0.826 bits per heavy atom. The predicted molar refractivity (Wildman–Crippen MR) is 95.5 cm³/mol. The van der Waals surface area contributed by atoms with Gasteiger partial charge in [0.15, 0.2) is 0 Å². The van der Waals surface area contributed by atoms with Gasteiger partial charge in [-0.25, -0.2) is 0 Å². The summed E-state index contributed by atoms with van der Waals surface area (Å²) in [6, 6.07) is 22.4. The summed E-state index contributed by atoms with van der Waals surface area (Å²) in [6.45, 7) is 1.53. The summed E-state index contributed by atoms with van der Waals surface area (Å²) in [6.07, 6.45) is 0. The molecule has 0 atom stereocenters. The van der Waals surface area contributed by atoms with Crippen LogP contribution in [0.4, 0.5) is 5.69 Å². The van der Waals surface area contributed by atoms with Crippen molar-refractivity contribution in [2.24, 2.45) is 0 Å². The van der Waals surface area contributed by atoms with Crippen LogP contribution in [0.2, 0.25) is 0 Å². The first-order valence-electron chi connectivity index (χ1n) is 7.60. The number of H-pyrrole nitrogens is 1. The van der Waals surface area contributed by atoms with Crippen LogP contribution in [-0.2, 0) is 4.79 Å². The Morgan fingerprint density at radius 3 is 2.39 bits per heavy atom. The highest BCUT2D eigenvalue weighted by Crippen LogP contribution is 2.36. The standard InChI is InChI=1S/C20H16N2O/c1-13(23)21-18-11-4-2-7-14(18)16-9-6-10-17-15-8-3-5-12-19(15)22-20(16)17/h2-12,22H,1H3,(H,21,23). The van der Waals surface area contributed by atoms with Crippen molar-refractivity contribution in [2.75, 3.05) is 5.32 Å². The summed E-state index contributed by atoms with van der Waals surface area (Å²) >= 11 is 0. The summed E-state index contributed by atoms with van der Waals surface area (Å²) < 4.78 is 0. The summed E-state index contributed by atoms with van der Waals surface area (Å²) in [5.41, 5.74) is 5.13. The number of aromatic nitrogens is 1. The zero-order chi connectivity index (χ0) is 15.8. The van der Waals surface area contributed by atoms with Crippen molar-refractivity contribution in [3.8, 4) is 11.1 Å². The Kier molecular flexibility index (Phi) is 3.12. The van der Waals surface area contributed by atoms with Crippen LogP contribution in [0.3, 0.4) is 0 Å². The lowest BCUT2D eigenvalue weighted by molar-refractivity contribution is -0.114. The highest BCUT2D eigenvalue weighted by molar-refractivity contribution is 6.12. The van der Waals surface area contributed by atoms with Gasteiger partial charge in [-0.05, 0) is 12.1 Å². The number of carbonyl (C=O) groups excluding carboxylic acids is 1. The first-order chi connectivity index (χ1) is 11.2. The fraction of sp³-hybridized carbons (Fsp3) is 0.0500. The van der Waals surface area contributed by atoms with Crippen LogP contribution in [0.25, 0.3) is 32.9 Å². The Labute approximate surface area is 134 Å². The molecule has 0 aliphatic rings. The quantitative estimate of drug-likeness (QED) is 0.540. The van der Waals surface area contributed by atoms with Crippen LogP contribution in [-0.4, -0.2) is 10.9 Å². The molecule has 0 aliphatic carbocycles. The molecule has 112 valence electrons. The van der Waals surface area contributed by atoms with Gasteiger partial charge in [0.2, 0.25) is 5.91 Å². The van der Waals surface area contributed by atoms with Crippen LogP contribution >= 0.6 is 0 Å². The molecular weight excluding hydrogens is 284 g/mol. The molecule has 0 saturated carbocycles. The molecule has 1 amide bonds. The van der Waals surface area contributed by atoms with E-state index in [1.165, 1.54) is 17.7 Å². The highest BCUT2D eigenvalue weighted by Gasteiger charge is 2.12. The molecule has 0 aliphatic heterocycles. The van der Waals surface area contributed by atoms with Crippen molar-refractivity contribution in [3.63, 3.8) is 0 Å². The van der Waals surface area contributed by atoms with Gasteiger partial charge in [-0.15, -0.1) is 0 Å². The highest BCUT2D eigenvalue weighted by atomic mass is 16.1. The average Bonchev–Trinajstić information content (AvgIpc) is 2.94. The number of aromatic amines is 1. The van der Waals surface area contributed by atoms with E-state index in [2.05, 4.69) is 40.6 Å². The van der Waals surface area contributed by atoms with Crippen LogP contribution < -0.4 is 5.32 Å². The number of fused-ring (bicyclic) bond motifs is 3. The van der Waals surface area contributed by atoms with E-state index in [1.807, 2.05) is 36.4 Å². The number of anilines is 1. The smallest absolute Gasteiger partial charge is 0.221 e. The molecule has 3 nitrogen and oxygen atoms in total. The van der Waals surface area contributed by atoms with Gasteiger partial charge < -0.3 is 10.3 Å². The molecule has 4 rings (SSSR count). The van der Waals surface area contributed by atoms with Crippen molar-refractivity contribution in [3.05, 3.63) is 66.7 Å². The maximum Gasteiger partial charge on any atom is 0.221 e. The predicted octanol–water partition coefficient (Wildman–Crippen LogP) is 4.95. The van der Waals surface area contributed by atoms with Crippen molar-refractivity contribution in [1.29, 1.82) is 0 Å². The normalized spacial score (nSPS) is 11.0. The van der Waals surface area contributed by atoms with Crippen LogP contribution in [0.15, 0.2) is 66.7 Å². The van der Waals surface area contributed by atoms with Gasteiger partial charge in [-0.1, -0.05) is 54.6 Å². The second kappa shape index (κ2) is 5.29. The molecule has 1 heterocycles. The average molecular weight is 300 g/mol. The number of para-hydroxylation sites is 3. The second-order valence-corrected chi connectivity index (χ2v) is 5.63. The molecule has 0 fully saturated rings. The maximum absolute atomic E-state index is 11.5. The Hall–Kier alpha value is -3.07. The van der Waals surface area contributed by atoms with E-state index in [0.717, 1.165) is 27.8 Å².